The van der Waals surface area contributed by atoms with E-state index < -0.39 is 11.9 Å². The number of aliphatic carboxylic acids is 1. The molecule has 3 fully saturated rings. The van der Waals surface area contributed by atoms with Crippen LogP contribution in [0, 0.1) is 5.92 Å². The molecule has 7 nitrogen and oxygen atoms in total. The van der Waals surface area contributed by atoms with Crippen molar-refractivity contribution in [1.29, 1.82) is 0 Å². The predicted octanol–water partition coefficient (Wildman–Crippen LogP) is 3.92. The Labute approximate surface area is 195 Å². The average molecular weight is 459 g/mol. The quantitative estimate of drug-likeness (QED) is 0.174. The maximum absolute atomic E-state index is 12.4. The lowest BCUT2D eigenvalue weighted by molar-refractivity contribution is -0.166. The van der Waals surface area contributed by atoms with Gasteiger partial charge in [-0.05, 0) is 40.0 Å². The summed E-state index contributed by atoms with van der Waals surface area (Å²) < 4.78 is 23.8. The molecule has 0 unspecified atom stereocenters. The first-order valence-electron chi connectivity index (χ1n) is 11.3. The first-order chi connectivity index (χ1) is 15.7. The highest BCUT2D eigenvalue weighted by Crippen LogP contribution is 2.59. The fraction of sp³-hybridized carbons (Fsp3) is 0.538. The number of carboxylic acids is 1. The summed E-state index contributed by atoms with van der Waals surface area (Å²) >= 11 is 0. The molecule has 3 rings (SSSR count). The lowest BCUT2D eigenvalue weighted by Gasteiger charge is -2.42. The van der Waals surface area contributed by atoms with Gasteiger partial charge in [0.1, 0.15) is 23.4 Å². The van der Waals surface area contributed by atoms with E-state index in [1.165, 1.54) is 17.7 Å². The summed E-state index contributed by atoms with van der Waals surface area (Å²) in [5.41, 5.74) is 0.642. The lowest BCUT2D eigenvalue weighted by atomic mass is 9.68. The van der Waals surface area contributed by atoms with E-state index in [1.807, 2.05) is 0 Å². The van der Waals surface area contributed by atoms with Gasteiger partial charge < -0.3 is 24.1 Å². The van der Waals surface area contributed by atoms with Gasteiger partial charge in [0, 0.05) is 19.3 Å². The molecule has 0 aromatic heterocycles. The van der Waals surface area contributed by atoms with Crippen molar-refractivity contribution in [3.63, 3.8) is 0 Å². The molecule has 180 valence electrons. The van der Waals surface area contributed by atoms with Gasteiger partial charge in [0.25, 0.3) is 0 Å². The summed E-state index contributed by atoms with van der Waals surface area (Å²) in [5, 5.41) is 8.51. The number of carboxylic acid groups (broad SMARTS) is 1. The molecule has 0 aromatic rings. The van der Waals surface area contributed by atoms with Crippen LogP contribution in [0.25, 0.3) is 0 Å². The van der Waals surface area contributed by atoms with Gasteiger partial charge in [-0.3, -0.25) is 0 Å². The van der Waals surface area contributed by atoms with Gasteiger partial charge in [0.15, 0.2) is 0 Å². The van der Waals surface area contributed by atoms with E-state index in [1.54, 1.807) is 37.5 Å². The summed E-state index contributed by atoms with van der Waals surface area (Å²) in [5.74, 6) is -1.45. The second-order valence-corrected chi connectivity index (χ2v) is 9.18. The molecule has 1 saturated carbocycles. The third kappa shape index (κ3) is 6.31. The maximum Gasteiger partial charge on any atom is 0.331 e. The zero-order valence-corrected chi connectivity index (χ0v) is 19.7. The molecular weight excluding hydrogens is 424 g/mol. The first-order valence-corrected chi connectivity index (χ1v) is 11.3. The third-order valence-electron chi connectivity index (χ3n) is 6.53. The van der Waals surface area contributed by atoms with Crippen LogP contribution in [0.1, 0.15) is 40.0 Å². The Morgan fingerprint density at radius 3 is 2.30 bits per heavy atom. The van der Waals surface area contributed by atoms with Crippen LogP contribution in [0.2, 0.25) is 0 Å². The van der Waals surface area contributed by atoms with Gasteiger partial charge in [-0.15, -0.1) is 0 Å². The Kier molecular flexibility index (Phi) is 8.10. The van der Waals surface area contributed by atoms with Crippen molar-refractivity contribution >= 4 is 11.9 Å². The van der Waals surface area contributed by atoms with Crippen LogP contribution in [0.4, 0.5) is 0 Å². The molecule has 0 bridgehead atoms. The SMILES string of the molecule is CO[C@@H]1[C@H](OC(=O)C=CC=CC=CC=CC(=O)O)CC[C@]2(CO2)[C@H]1[C@@]1(C)O[C@@H]1CC=C(C)C. The van der Waals surface area contributed by atoms with Gasteiger partial charge in [-0.25, -0.2) is 9.59 Å². The Bertz CT molecular complexity index is 873. The molecule has 2 aliphatic heterocycles. The Hall–Kier alpha value is -2.48. The standard InChI is InChI=1S/C26H34O7/c1-18(2)13-14-20-25(3,33-20)24-23(30-4)19(15-16-26(24)17-31-26)32-22(29)12-10-8-6-5-7-9-11-21(27)28/h5-13,19-20,23-24H,14-17H2,1-4H3,(H,27,28)/t19-,20-,23-,24-,25+,26+/m1/s1. The Morgan fingerprint density at radius 2 is 1.73 bits per heavy atom. The van der Waals surface area contributed by atoms with Crippen molar-refractivity contribution in [2.75, 3.05) is 13.7 Å². The average Bonchev–Trinajstić information content (AvgIpc) is 3.67. The molecule has 0 radical (unpaired) electrons. The number of esters is 1. The molecule has 2 saturated heterocycles. The summed E-state index contributed by atoms with van der Waals surface area (Å²) in [4.78, 5) is 22.8. The summed E-state index contributed by atoms with van der Waals surface area (Å²) in [6, 6.07) is 0. The minimum absolute atomic E-state index is 0.00928. The van der Waals surface area contributed by atoms with E-state index >= 15 is 0 Å². The summed E-state index contributed by atoms with van der Waals surface area (Å²) in [6.07, 6.45) is 16.0. The Morgan fingerprint density at radius 1 is 1.09 bits per heavy atom. The first kappa shape index (κ1) is 25.1. The molecule has 0 amide bonds. The zero-order valence-electron chi connectivity index (χ0n) is 19.7. The molecule has 6 atom stereocenters. The van der Waals surface area contributed by atoms with Crippen molar-refractivity contribution in [2.45, 2.75) is 69.5 Å². The van der Waals surface area contributed by atoms with Gasteiger partial charge in [0.2, 0.25) is 0 Å². The number of carbonyl (C=O) groups excluding carboxylic acids is 1. The number of allylic oxidation sites excluding steroid dienone is 7. The van der Waals surface area contributed by atoms with E-state index in [0.29, 0.717) is 13.0 Å². The Balaban J connectivity index is 1.59. The largest absolute Gasteiger partial charge is 0.478 e. The topological polar surface area (TPSA) is 97.9 Å². The molecule has 3 aliphatic rings. The fourth-order valence-electron chi connectivity index (χ4n) is 4.79. The van der Waals surface area contributed by atoms with Crippen molar-refractivity contribution < 1.29 is 33.6 Å². The molecule has 1 N–H and O–H groups in total. The molecular formula is C26H34O7. The van der Waals surface area contributed by atoms with E-state index in [2.05, 4.69) is 26.8 Å². The van der Waals surface area contributed by atoms with Crippen molar-refractivity contribution in [3.05, 3.63) is 60.3 Å². The van der Waals surface area contributed by atoms with Crippen LogP contribution < -0.4 is 0 Å². The van der Waals surface area contributed by atoms with E-state index in [4.69, 9.17) is 24.1 Å². The van der Waals surface area contributed by atoms with E-state index in [9.17, 15) is 9.59 Å². The van der Waals surface area contributed by atoms with Gasteiger partial charge in [-0.2, -0.15) is 0 Å². The molecule has 0 aromatic carbocycles. The minimum Gasteiger partial charge on any atom is -0.478 e. The van der Waals surface area contributed by atoms with Crippen LogP contribution in [-0.4, -0.2) is 60.3 Å². The number of carbonyl (C=O) groups is 2. The monoisotopic (exact) mass is 458 g/mol. The maximum atomic E-state index is 12.4. The van der Waals surface area contributed by atoms with E-state index in [0.717, 1.165) is 18.9 Å². The highest BCUT2D eigenvalue weighted by Gasteiger charge is 2.72. The molecule has 2 heterocycles. The number of methoxy groups -OCH3 is 1. The third-order valence-corrected chi connectivity index (χ3v) is 6.53. The second-order valence-electron chi connectivity index (χ2n) is 9.18. The molecule has 7 heteroatoms. The number of hydrogen-bond acceptors (Lipinski definition) is 6. The van der Waals surface area contributed by atoms with Crippen molar-refractivity contribution in [1.82, 2.24) is 0 Å². The van der Waals surface area contributed by atoms with Gasteiger partial charge in [-0.1, -0.05) is 48.1 Å². The van der Waals surface area contributed by atoms with E-state index in [-0.39, 0.29) is 35.4 Å². The molecule has 1 aliphatic carbocycles. The lowest BCUT2D eigenvalue weighted by Crippen LogP contribution is -2.55. The van der Waals surface area contributed by atoms with Crippen LogP contribution in [0.5, 0.6) is 0 Å². The van der Waals surface area contributed by atoms with Crippen LogP contribution in [0.15, 0.2) is 60.3 Å². The smallest absolute Gasteiger partial charge is 0.331 e. The van der Waals surface area contributed by atoms with Crippen molar-refractivity contribution in [2.24, 2.45) is 5.92 Å². The van der Waals surface area contributed by atoms with Crippen LogP contribution in [0.3, 0.4) is 0 Å². The normalized spacial score (nSPS) is 35.6. The summed E-state index contributed by atoms with van der Waals surface area (Å²) in [6.45, 7) is 6.96. The second kappa shape index (κ2) is 10.6. The van der Waals surface area contributed by atoms with Crippen LogP contribution in [-0.2, 0) is 28.5 Å². The molecule has 33 heavy (non-hydrogen) atoms. The van der Waals surface area contributed by atoms with Gasteiger partial charge in [0.05, 0.1) is 18.6 Å². The van der Waals surface area contributed by atoms with Crippen molar-refractivity contribution in [3.8, 4) is 0 Å². The molecule has 1 spiro atoms. The predicted molar refractivity (Wildman–Crippen MR) is 124 cm³/mol. The highest BCUT2D eigenvalue weighted by molar-refractivity contribution is 5.82. The summed E-state index contributed by atoms with van der Waals surface area (Å²) in [7, 11) is 1.65. The number of hydrogen-bond donors (Lipinski definition) is 1. The van der Waals surface area contributed by atoms with Crippen LogP contribution >= 0.6 is 0 Å². The number of rotatable bonds is 10. The number of ether oxygens (including phenoxy) is 4. The number of epoxide rings is 2. The van der Waals surface area contributed by atoms with Gasteiger partial charge >= 0.3 is 11.9 Å². The zero-order chi connectivity index (χ0) is 24.1. The minimum atomic E-state index is -1.00. The highest BCUT2D eigenvalue weighted by atomic mass is 16.6. The fourth-order valence-corrected chi connectivity index (χ4v) is 4.79.